The average molecular weight is 255 g/mol. The highest BCUT2D eigenvalue weighted by Gasteiger charge is 2.11. The van der Waals surface area contributed by atoms with Crippen LogP contribution in [-0.2, 0) is 0 Å². The number of rotatable bonds is 3. The first-order chi connectivity index (χ1) is 9.17. The summed E-state index contributed by atoms with van der Waals surface area (Å²) in [5.41, 5.74) is 3.88. The van der Waals surface area contributed by atoms with Crippen molar-refractivity contribution < 1.29 is 9.53 Å². The van der Waals surface area contributed by atoms with Gasteiger partial charge in [0, 0.05) is 18.2 Å². The van der Waals surface area contributed by atoms with E-state index in [0.29, 0.717) is 11.3 Å². The zero-order valence-electron chi connectivity index (χ0n) is 11.4. The van der Waals surface area contributed by atoms with Crippen molar-refractivity contribution in [3.05, 3.63) is 53.6 Å². The van der Waals surface area contributed by atoms with Crippen molar-refractivity contribution in [1.82, 2.24) is 5.32 Å². The third-order valence-electron chi connectivity index (χ3n) is 3.13. The molecular weight excluding hydrogens is 238 g/mol. The molecule has 0 radical (unpaired) electrons. The molecule has 3 heteroatoms. The predicted molar refractivity (Wildman–Crippen MR) is 76.6 cm³/mol. The molecule has 2 rings (SSSR count). The summed E-state index contributed by atoms with van der Waals surface area (Å²) < 4.78 is 5.41. The Labute approximate surface area is 113 Å². The van der Waals surface area contributed by atoms with Crippen molar-refractivity contribution in [1.29, 1.82) is 0 Å². The Morgan fingerprint density at radius 2 is 1.84 bits per heavy atom. The zero-order chi connectivity index (χ0) is 13.8. The first kappa shape index (κ1) is 13.1. The Kier molecular flexibility index (Phi) is 3.85. The second-order valence-electron chi connectivity index (χ2n) is 4.31. The molecule has 0 heterocycles. The lowest BCUT2D eigenvalue weighted by atomic mass is 9.98. The standard InChI is InChI=1S/C16H17NO2/c1-11-6-4-5-7-13(11)14-9-8-12(16(18)17-2)10-15(14)19-3/h4-10H,1-3H3,(H,17,18). The van der Waals surface area contributed by atoms with Gasteiger partial charge in [-0.2, -0.15) is 0 Å². The molecule has 0 aliphatic rings. The Hall–Kier alpha value is -2.29. The van der Waals surface area contributed by atoms with Crippen molar-refractivity contribution in [3.63, 3.8) is 0 Å². The highest BCUT2D eigenvalue weighted by molar-refractivity contribution is 5.95. The van der Waals surface area contributed by atoms with Crippen LogP contribution in [-0.4, -0.2) is 20.1 Å². The summed E-state index contributed by atoms with van der Waals surface area (Å²) >= 11 is 0. The van der Waals surface area contributed by atoms with Crippen molar-refractivity contribution >= 4 is 5.91 Å². The fourth-order valence-corrected chi connectivity index (χ4v) is 2.07. The van der Waals surface area contributed by atoms with Gasteiger partial charge in [-0.3, -0.25) is 4.79 Å². The molecule has 0 spiro atoms. The minimum atomic E-state index is -0.116. The van der Waals surface area contributed by atoms with E-state index < -0.39 is 0 Å². The van der Waals surface area contributed by atoms with Crippen LogP contribution in [0.3, 0.4) is 0 Å². The molecule has 0 aliphatic carbocycles. The summed E-state index contributed by atoms with van der Waals surface area (Å²) in [4.78, 5) is 11.6. The van der Waals surface area contributed by atoms with Crippen molar-refractivity contribution in [2.75, 3.05) is 14.2 Å². The molecule has 19 heavy (non-hydrogen) atoms. The normalized spacial score (nSPS) is 10.1. The van der Waals surface area contributed by atoms with Crippen LogP contribution < -0.4 is 10.1 Å². The average Bonchev–Trinajstić information content (AvgIpc) is 2.46. The van der Waals surface area contributed by atoms with Gasteiger partial charge in [0.15, 0.2) is 0 Å². The lowest BCUT2D eigenvalue weighted by molar-refractivity contribution is 0.0963. The quantitative estimate of drug-likeness (QED) is 0.915. The number of nitrogens with one attached hydrogen (secondary N) is 1. The summed E-state index contributed by atoms with van der Waals surface area (Å²) in [5, 5.41) is 2.61. The lowest BCUT2D eigenvalue weighted by Crippen LogP contribution is -2.17. The van der Waals surface area contributed by atoms with Gasteiger partial charge in [-0.25, -0.2) is 0 Å². The molecule has 0 saturated carbocycles. The third-order valence-corrected chi connectivity index (χ3v) is 3.13. The van der Waals surface area contributed by atoms with Crippen molar-refractivity contribution in [3.8, 4) is 16.9 Å². The fraction of sp³-hybridized carbons (Fsp3) is 0.188. The zero-order valence-corrected chi connectivity index (χ0v) is 11.4. The van der Waals surface area contributed by atoms with E-state index in [4.69, 9.17) is 4.74 Å². The van der Waals surface area contributed by atoms with E-state index in [9.17, 15) is 4.79 Å². The highest BCUT2D eigenvalue weighted by Crippen LogP contribution is 2.32. The summed E-state index contributed by atoms with van der Waals surface area (Å²) in [6.45, 7) is 2.06. The van der Waals surface area contributed by atoms with Gasteiger partial charge in [0.2, 0.25) is 0 Å². The molecule has 1 N–H and O–H groups in total. The number of benzene rings is 2. The predicted octanol–water partition coefficient (Wildman–Crippen LogP) is 3.03. The molecule has 0 aliphatic heterocycles. The molecule has 0 aromatic heterocycles. The molecule has 0 bridgehead atoms. The van der Waals surface area contributed by atoms with Crippen LogP contribution in [0.25, 0.3) is 11.1 Å². The summed E-state index contributed by atoms with van der Waals surface area (Å²) in [7, 11) is 3.23. The topological polar surface area (TPSA) is 38.3 Å². The van der Waals surface area contributed by atoms with Crippen LogP contribution in [0.1, 0.15) is 15.9 Å². The third kappa shape index (κ3) is 2.60. The maximum atomic E-state index is 11.6. The van der Waals surface area contributed by atoms with E-state index in [0.717, 1.165) is 11.1 Å². The highest BCUT2D eigenvalue weighted by atomic mass is 16.5. The number of ether oxygens (including phenoxy) is 1. The fourth-order valence-electron chi connectivity index (χ4n) is 2.07. The number of methoxy groups -OCH3 is 1. The molecule has 3 nitrogen and oxygen atoms in total. The Morgan fingerprint density at radius 3 is 2.47 bits per heavy atom. The number of amides is 1. The number of hydrogen-bond acceptors (Lipinski definition) is 2. The monoisotopic (exact) mass is 255 g/mol. The molecule has 0 atom stereocenters. The van der Waals surface area contributed by atoms with Gasteiger partial charge in [-0.05, 0) is 36.2 Å². The summed E-state index contributed by atoms with van der Waals surface area (Å²) in [5.74, 6) is 0.588. The van der Waals surface area contributed by atoms with Crippen LogP contribution in [0.2, 0.25) is 0 Å². The molecule has 0 saturated heterocycles. The Balaban J connectivity index is 2.53. The largest absolute Gasteiger partial charge is 0.496 e. The summed E-state index contributed by atoms with van der Waals surface area (Å²) in [6.07, 6.45) is 0. The molecule has 1 amide bonds. The van der Waals surface area contributed by atoms with Gasteiger partial charge < -0.3 is 10.1 Å². The Morgan fingerprint density at radius 1 is 1.11 bits per heavy atom. The van der Waals surface area contributed by atoms with Gasteiger partial charge in [-0.1, -0.05) is 24.3 Å². The lowest BCUT2D eigenvalue weighted by Gasteiger charge is -2.12. The number of carbonyl (C=O) groups excluding carboxylic acids is 1. The molecule has 0 unspecified atom stereocenters. The summed E-state index contributed by atoms with van der Waals surface area (Å²) in [6, 6.07) is 13.6. The van der Waals surface area contributed by atoms with Gasteiger partial charge in [0.1, 0.15) is 5.75 Å². The molecule has 98 valence electrons. The van der Waals surface area contributed by atoms with Gasteiger partial charge >= 0.3 is 0 Å². The van der Waals surface area contributed by atoms with Crippen LogP contribution in [0.4, 0.5) is 0 Å². The second kappa shape index (κ2) is 5.57. The smallest absolute Gasteiger partial charge is 0.251 e. The van der Waals surface area contributed by atoms with E-state index in [1.165, 1.54) is 5.56 Å². The maximum Gasteiger partial charge on any atom is 0.251 e. The Bertz CT molecular complexity index is 605. The number of carbonyl (C=O) groups is 1. The maximum absolute atomic E-state index is 11.6. The molecule has 2 aromatic rings. The van der Waals surface area contributed by atoms with E-state index in [1.54, 1.807) is 20.2 Å². The van der Waals surface area contributed by atoms with Gasteiger partial charge in [0.05, 0.1) is 7.11 Å². The SMILES string of the molecule is CNC(=O)c1ccc(-c2ccccc2C)c(OC)c1. The van der Waals surface area contributed by atoms with Crippen LogP contribution >= 0.6 is 0 Å². The van der Waals surface area contributed by atoms with Crippen molar-refractivity contribution in [2.24, 2.45) is 0 Å². The van der Waals surface area contributed by atoms with Crippen molar-refractivity contribution in [2.45, 2.75) is 6.92 Å². The second-order valence-corrected chi connectivity index (χ2v) is 4.31. The minimum Gasteiger partial charge on any atom is -0.496 e. The number of aryl methyl sites for hydroxylation is 1. The van der Waals surface area contributed by atoms with E-state index >= 15 is 0 Å². The van der Waals surface area contributed by atoms with Crippen LogP contribution in [0, 0.1) is 6.92 Å². The van der Waals surface area contributed by atoms with Gasteiger partial charge in [-0.15, -0.1) is 0 Å². The molecular formula is C16H17NO2. The molecule has 0 fully saturated rings. The number of hydrogen-bond donors (Lipinski definition) is 1. The molecule has 2 aromatic carbocycles. The van der Waals surface area contributed by atoms with E-state index in [1.807, 2.05) is 30.3 Å². The van der Waals surface area contributed by atoms with Crippen LogP contribution in [0.15, 0.2) is 42.5 Å². The van der Waals surface area contributed by atoms with Crippen LogP contribution in [0.5, 0.6) is 5.75 Å². The van der Waals surface area contributed by atoms with E-state index in [2.05, 4.69) is 18.3 Å². The van der Waals surface area contributed by atoms with E-state index in [-0.39, 0.29) is 5.91 Å². The first-order valence-corrected chi connectivity index (χ1v) is 6.13. The van der Waals surface area contributed by atoms with Gasteiger partial charge in [0.25, 0.3) is 5.91 Å². The first-order valence-electron chi connectivity index (χ1n) is 6.13. The minimum absolute atomic E-state index is 0.116.